The smallest absolute Gasteiger partial charge is 0.407 e. The van der Waals surface area contributed by atoms with E-state index in [4.69, 9.17) is 15.2 Å². The van der Waals surface area contributed by atoms with Gasteiger partial charge in [0.2, 0.25) is 0 Å². The highest BCUT2D eigenvalue weighted by molar-refractivity contribution is 6.07. The van der Waals surface area contributed by atoms with Crippen molar-refractivity contribution in [3.05, 3.63) is 54.6 Å². The number of piperidine rings is 1. The molecule has 0 unspecified atom stereocenters. The summed E-state index contributed by atoms with van der Waals surface area (Å²) >= 11 is 0. The predicted molar refractivity (Wildman–Crippen MR) is 162 cm³/mol. The van der Waals surface area contributed by atoms with Crippen LogP contribution in [0.1, 0.15) is 44.1 Å². The lowest BCUT2D eigenvalue weighted by Gasteiger charge is -2.35. The van der Waals surface area contributed by atoms with Crippen LogP contribution in [0.5, 0.6) is 0 Å². The van der Waals surface area contributed by atoms with Gasteiger partial charge in [0.05, 0.1) is 42.7 Å². The Kier molecular flexibility index (Phi) is 8.72. The first kappa shape index (κ1) is 29.1. The molecule has 3 aromatic rings. The van der Waals surface area contributed by atoms with Crippen LogP contribution in [0, 0.1) is 0 Å². The zero-order chi connectivity index (χ0) is 29.7. The molecule has 2 aromatic heterocycles. The van der Waals surface area contributed by atoms with Gasteiger partial charge in [0, 0.05) is 49.7 Å². The fourth-order valence-corrected chi connectivity index (χ4v) is 5.10. The summed E-state index contributed by atoms with van der Waals surface area (Å²) in [4.78, 5) is 42.9. The molecule has 0 saturated carbocycles. The first-order valence-corrected chi connectivity index (χ1v) is 14.2. The highest BCUT2D eigenvalue weighted by Crippen LogP contribution is 2.28. The first-order valence-electron chi connectivity index (χ1n) is 14.2. The summed E-state index contributed by atoms with van der Waals surface area (Å²) in [5, 5.41) is 5.90. The number of pyridine rings is 1. The maximum atomic E-state index is 13.3. The van der Waals surface area contributed by atoms with Crippen LogP contribution >= 0.6 is 0 Å². The van der Waals surface area contributed by atoms with Crippen molar-refractivity contribution in [1.82, 2.24) is 20.3 Å². The van der Waals surface area contributed by atoms with Gasteiger partial charge in [-0.25, -0.2) is 14.8 Å². The fourth-order valence-electron chi connectivity index (χ4n) is 5.10. The zero-order valence-corrected chi connectivity index (χ0v) is 24.3. The Balaban J connectivity index is 1.27. The Bertz CT molecular complexity index is 1400. The zero-order valence-electron chi connectivity index (χ0n) is 24.3. The Morgan fingerprint density at radius 1 is 1.05 bits per heavy atom. The molecule has 0 aliphatic carbocycles. The SMILES string of the molecule is CC(C)(C)OC(=O)N[C@@H]1CCCN(c2ccc(-c3cnc(N)c(C(=O)Nc4cnccc4N4CCOCC4)n3)cc2)C1. The second-order valence-electron chi connectivity index (χ2n) is 11.4. The van der Waals surface area contributed by atoms with Gasteiger partial charge in [0.1, 0.15) is 5.60 Å². The van der Waals surface area contributed by atoms with Crippen molar-refractivity contribution in [3.8, 4) is 11.3 Å². The number of hydrogen-bond acceptors (Lipinski definition) is 10. The van der Waals surface area contributed by atoms with Crippen LogP contribution in [0.2, 0.25) is 0 Å². The van der Waals surface area contributed by atoms with Gasteiger partial charge in [0.15, 0.2) is 11.5 Å². The summed E-state index contributed by atoms with van der Waals surface area (Å²) in [7, 11) is 0. The number of carbonyl (C=O) groups excluding carboxylic acids is 2. The number of ether oxygens (including phenoxy) is 2. The first-order chi connectivity index (χ1) is 20.2. The normalized spacial score (nSPS) is 17.5. The molecule has 2 aliphatic heterocycles. The summed E-state index contributed by atoms with van der Waals surface area (Å²) in [5.41, 5.74) is 9.38. The highest BCUT2D eigenvalue weighted by Gasteiger charge is 2.25. The van der Waals surface area contributed by atoms with E-state index in [0.717, 1.165) is 49.4 Å². The lowest BCUT2D eigenvalue weighted by Crippen LogP contribution is -2.49. The number of amides is 2. The maximum absolute atomic E-state index is 13.3. The van der Waals surface area contributed by atoms with Crippen molar-refractivity contribution in [1.29, 1.82) is 0 Å². The number of aromatic nitrogens is 3. The van der Waals surface area contributed by atoms with Gasteiger partial charge in [0.25, 0.3) is 5.91 Å². The average Bonchev–Trinajstić information content (AvgIpc) is 2.97. The van der Waals surface area contributed by atoms with Crippen molar-refractivity contribution in [2.75, 3.05) is 60.2 Å². The van der Waals surface area contributed by atoms with E-state index >= 15 is 0 Å². The van der Waals surface area contributed by atoms with Crippen molar-refractivity contribution in [2.24, 2.45) is 0 Å². The molecule has 0 spiro atoms. The number of rotatable bonds is 6. The van der Waals surface area contributed by atoms with E-state index < -0.39 is 17.6 Å². The van der Waals surface area contributed by atoms with Crippen molar-refractivity contribution in [3.63, 3.8) is 0 Å². The third-order valence-corrected chi connectivity index (χ3v) is 7.08. The molecule has 42 heavy (non-hydrogen) atoms. The molecule has 2 fully saturated rings. The van der Waals surface area contributed by atoms with E-state index in [9.17, 15) is 9.59 Å². The fraction of sp³-hybridized carbons (Fsp3) is 0.433. The number of alkyl carbamates (subject to hydrolysis) is 1. The molecule has 0 radical (unpaired) electrons. The third-order valence-electron chi connectivity index (χ3n) is 7.08. The Hall–Kier alpha value is -4.45. The number of anilines is 4. The van der Waals surface area contributed by atoms with Crippen LogP contribution in [0.3, 0.4) is 0 Å². The van der Waals surface area contributed by atoms with Crippen molar-refractivity contribution < 1.29 is 19.1 Å². The van der Waals surface area contributed by atoms with Gasteiger partial charge >= 0.3 is 6.09 Å². The molecule has 2 saturated heterocycles. The number of morpholine rings is 1. The van der Waals surface area contributed by atoms with Gasteiger partial charge in [-0.05, 0) is 51.8 Å². The van der Waals surface area contributed by atoms with E-state index in [1.165, 1.54) is 0 Å². The Morgan fingerprint density at radius 3 is 2.55 bits per heavy atom. The second-order valence-corrected chi connectivity index (χ2v) is 11.4. The molecule has 222 valence electrons. The number of nitrogens with two attached hydrogens (primary N) is 1. The predicted octanol–water partition coefficient (Wildman–Crippen LogP) is 3.70. The molecule has 4 heterocycles. The van der Waals surface area contributed by atoms with Crippen LogP contribution in [0.15, 0.2) is 48.9 Å². The minimum absolute atomic E-state index is 0.000824. The number of nitrogen functional groups attached to an aromatic ring is 1. The minimum atomic E-state index is -0.537. The molecule has 2 amide bonds. The lowest BCUT2D eigenvalue weighted by atomic mass is 10.0. The quantitative estimate of drug-likeness (QED) is 0.398. The van der Waals surface area contributed by atoms with Gasteiger partial charge in [-0.1, -0.05) is 12.1 Å². The van der Waals surface area contributed by atoms with Crippen LogP contribution in [0.4, 0.5) is 27.7 Å². The largest absolute Gasteiger partial charge is 0.444 e. The molecular weight excluding hydrogens is 536 g/mol. The summed E-state index contributed by atoms with van der Waals surface area (Å²) in [5.74, 6) is -0.417. The monoisotopic (exact) mass is 574 g/mol. The number of hydrogen-bond donors (Lipinski definition) is 3. The van der Waals surface area contributed by atoms with Crippen LogP contribution < -0.4 is 26.2 Å². The summed E-state index contributed by atoms with van der Waals surface area (Å²) in [6, 6.07) is 9.77. The Labute approximate surface area is 245 Å². The maximum Gasteiger partial charge on any atom is 0.407 e. The summed E-state index contributed by atoms with van der Waals surface area (Å²) in [6.07, 6.45) is 6.32. The van der Waals surface area contributed by atoms with Gasteiger partial charge < -0.3 is 35.6 Å². The number of benzene rings is 1. The van der Waals surface area contributed by atoms with Crippen molar-refractivity contribution >= 4 is 34.9 Å². The molecule has 4 N–H and O–H groups in total. The average molecular weight is 575 g/mol. The number of nitrogens with one attached hydrogen (secondary N) is 2. The molecule has 0 bridgehead atoms. The number of nitrogens with zero attached hydrogens (tertiary/aromatic N) is 5. The molecule has 12 nitrogen and oxygen atoms in total. The topological polar surface area (TPSA) is 148 Å². The van der Waals surface area contributed by atoms with Gasteiger partial charge in [-0.3, -0.25) is 9.78 Å². The van der Waals surface area contributed by atoms with E-state index in [0.29, 0.717) is 31.1 Å². The van der Waals surface area contributed by atoms with E-state index in [1.807, 2.05) is 51.1 Å². The number of carbonyl (C=O) groups is 2. The van der Waals surface area contributed by atoms with E-state index in [1.54, 1.807) is 18.6 Å². The molecule has 5 rings (SSSR count). The molecule has 12 heteroatoms. The second kappa shape index (κ2) is 12.6. The lowest BCUT2D eigenvalue weighted by molar-refractivity contribution is 0.0499. The molecule has 1 atom stereocenters. The Morgan fingerprint density at radius 2 is 1.81 bits per heavy atom. The van der Waals surface area contributed by atoms with Crippen molar-refractivity contribution in [2.45, 2.75) is 45.3 Å². The standard InChI is InChI=1S/C30H38N8O4/c1-30(2,3)42-29(40)34-21-5-4-12-38(19-21)22-8-6-20(7-9-22)23-18-33-27(31)26(35-23)28(39)36-24-17-32-11-10-25(24)37-13-15-41-16-14-37/h6-11,17-18,21H,4-5,12-16,19H2,1-3H3,(H2,31,33)(H,34,40)(H,36,39)/t21-/m1/s1. The van der Waals surface area contributed by atoms with Gasteiger partial charge in [-0.15, -0.1) is 0 Å². The minimum Gasteiger partial charge on any atom is -0.444 e. The van der Waals surface area contributed by atoms with E-state index in [-0.39, 0.29) is 17.6 Å². The van der Waals surface area contributed by atoms with Crippen LogP contribution in [-0.4, -0.2) is 78.0 Å². The molecular formula is C30H38N8O4. The molecule has 1 aromatic carbocycles. The summed E-state index contributed by atoms with van der Waals surface area (Å²) < 4.78 is 10.9. The molecule has 2 aliphatic rings. The highest BCUT2D eigenvalue weighted by atomic mass is 16.6. The van der Waals surface area contributed by atoms with E-state index in [2.05, 4.69) is 35.4 Å². The van der Waals surface area contributed by atoms with Gasteiger partial charge in [-0.2, -0.15) is 0 Å². The summed E-state index contributed by atoms with van der Waals surface area (Å²) in [6.45, 7) is 9.82. The van der Waals surface area contributed by atoms with Crippen LogP contribution in [-0.2, 0) is 9.47 Å². The van der Waals surface area contributed by atoms with Crippen LogP contribution in [0.25, 0.3) is 11.3 Å². The third kappa shape index (κ3) is 7.24.